The van der Waals surface area contributed by atoms with Gasteiger partial charge >= 0.3 is 5.97 Å². The maximum absolute atomic E-state index is 13.5. The van der Waals surface area contributed by atoms with Gasteiger partial charge in [0.05, 0.1) is 22.7 Å². The summed E-state index contributed by atoms with van der Waals surface area (Å²) in [5.41, 5.74) is -0.0224. The van der Waals surface area contributed by atoms with Gasteiger partial charge in [-0.2, -0.15) is 0 Å². The first kappa shape index (κ1) is 18.8. The van der Waals surface area contributed by atoms with E-state index in [4.69, 9.17) is 4.74 Å². The molecule has 0 saturated heterocycles. The van der Waals surface area contributed by atoms with Crippen molar-refractivity contribution >= 4 is 40.9 Å². The summed E-state index contributed by atoms with van der Waals surface area (Å²) >= 11 is 1.32. The molecule has 10 heteroatoms. The molecule has 0 atom stereocenters. The molecule has 0 unspecified atom stereocenters. The molecular formula is C17H11F3N2O4S. The van der Waals surface area contributed by atoms with Gasteiger partial charge < -0.3 is 15.4 Å². The van der Waals surface area contributed by atoms with Crippen LogP contribution in [0.3, 0.4) is 0 Å². The summed E-state index contributed by atoms with van der Waals surface area (Å²) < 4.78 is 44.3. The average Bonchev–Trinajstić information content (AvgIpc) is 2.66. The number of anilines is 2. The number of thioether (sulfide) groups is 1. The highest BCUT2D eigenvalue weighted by Gasteiger charge is 2.19. The molecule has 0 radical (unpaired) electrons. The summed E-state index contributed by atoms with van der Waals surface area (Å²) in [6.45, 7) is -0.768. The van der Waals surface area contributed by atoms with Crippen molar-refractivity contribution in [3.63, 3.8) is 0 Å². The maximum atomic E-state index is 13.5. The van der Waals surface area contributed by atoms with Crippen LogP contribution in [-0.2, 0) is 14.3 Å². The fourth-order valence-electron chi connectivity index (χ4n) is 2.23. The molecule has 2 N–H and O–H groups in total. The van der Waals surface area contributed by atoms with E-state index in [9.17, 15) is 27.6 Å². The van der Waals surface area contributed by atoms with Gasteiger partial charge in [-0.25, -0.2) is 18.0 Å². The molecule has 2 aromatic rings. The first-order valence-electron chi connectivity index (χ1n) is 7.52. The van der Waals surface area contributed by atoms with E-state index in [0.717, 1.165) is 11.0 Å². The molecule has 6 nitrogen and oxygen atoms in total. The predicted octanol–water partition coefficient (Wildman–Crippen LogP) is 2.94. The van der Waals surface area contributed by atoms with Gasteiger partial charge in [0.25, 0.3) is 5.91 Å². The van der Waals surface area contributed by atoms with E-state index in [2.05, 4.69) is 5.32 Å². The van der Waals surface area contributed by atoms with Gasteiger partial charge in [-0.05, 0) is 30.3 Å². The summed E-state index contributed by atoms with van der Waals surface area (Å²) in [7, 11) is 0. The number of carbonyl (C=O) groups is 3. The molecule has 0 spiro atoms. The molecule has 2 aromatic carbocycles. The van der Waals surface area contributed by atoms with Crippen molar-refractivity contribution < 1.29 is 32.3 Å². The minimum Gasteiger partial charge on any atom is -0.452 e. The number of carbonyl (C=O) groups excluding carboxylic acids is 3. The van der Waals surface area contributed by atoms with E-state index in [1.807, 2.05) is 5.32 Å². The van der Waals surface area contributed by atoms with Crippen LogP contribution in [0.5, 0.6) is 0 Å². The van der Waals surface area contributed by atoms with Crippen LogP contribution in [-0.4, -0.2) is 30.1 Å². The lowest BCUT2D eigenvalue weighted by Crippen LogP contribution is -2.22. The van der Waals surface area contributed by atoms with E-state index >= 15 is 0 Å². The van der Waals surface area contributed by atoms with E-state index in [1.54, 1.807) is 6.07 Å². The summed E-state index contributed by atoms with van der Waals surface area (Å²) in [6.07, 6.45) is 0. The number of fused-ring (bicyclic) bond motifs is 1. The van der Waals surface area contributed by atoms with Crippen LogP contribution in [0, 0.1) is 17.5 Å². The Balaban J connectivity index is 1.61. The van der Waals surface area contributed by atoms with Crippen molar-refractivity contribution in [3.05, 3.63) is 53.3 Å². The molecule has 27 heavy (non-hydrogen) atoms. The second-order valence-electron chi connectivity index (χ2n) is 5.40. The lowest BCUT2D eigenvalue weighted by Gasteiger charge is -2.16. The van der Waals surface area contributed by atoms with Gasteiger partial charge in [0.1, 0.15) is 0 Å². The SMILES string of the molecule is O=C1CSc2ccc(C(=O)OCC(=O)Nc3ccc(F)c(F)c3F)cc2N1. The second-order valence-corrected chi connectivity index (χ2v) is 6.41. The highest BCUT2D eigenvalue weighted by atomic mass is 32.2. The average molecular weight is 396 g/mol. The molecule has 0 bridgehead atoms. The monoisotopic (exact) mass is 396 g/mol. The third-order valence-electron chi connectivity index (χ3n) is 3.49. The van der Waals surface area contributed by atoms with Crippen LogP contribution in [0.15, 0.2) is 35.2 Å². The molecule has 0 saturated carbocycles. The second kappa shape index (κ2) is 7.70. The van der Waals surface area contributed by atoms with Crippen molar-refractivity contribution in [2.24, 2.45) is 0 Å². The van der Waals surface area contributed by atoms with Crippen molar-refractivity contribution in [1.29, 1.82) is 0 Å². The van der Waals surface area contributed by atoms with Gasteiger partial charge in [-0.1, -0.05) is 0 Å². The number of halogens is 3. The molecular weight excluding hydrogens is 385 g/mol. The predicted molar refractivity (Wildman–Crippen MR) is 91.0 cm³/mol. The standard InChI is InChI=1S/C17H11F3N2O4S/c18-9-2-3-10(16(20)15(9)19)21-13(23)6-26-17(25)8-1-4-12-11(5-8)22-14(24)7-27-12/h1-5H,6-7H2,(H,21,23)(H,22,24). The highest BCUT2D eigenvalue weighted by molar-refractivity contribution is 8.00. The van der Waals surface area contributed by atoms with Crippen molar-refractivity contribution in [2.75, 3.05) is 23.0 Å². The van der Waals surface area contributed by atoms with Crippen LogP contribution >= 0.6 is 11.8 Å². The Hall–Kier alpha value is -3.01. The molecule has 1 aliphatic heterocycles. The summed E-state index contributed by atoms with van der Waals surface area (Å²) in [4.78, 5) is 35.9. The fraction of sp³-hybridized carbons (Fsp3) is 0.118. The normalized spacial score (nSPS) is 12.8. The molecule has 0 fully saturated rings. The summed E-state index contributed by atoms with van der Waals surface area (Å²) in [6, 6.07) is 6.01. The zero-order valence-electron chi connectivity index (χ0n) is 13.5. The van der Waals surface area contributed by atoms with Crippen LogP contribution in [0.2, 0.25) is 0 Å². The Kier molecular flexibility index (Phi) is 5.36. The van der Waals surface area contributed by atoms with Gasteiger partial charge in [0.2, 0.25) is 5.91 Å². The summed E-state index contributed by atoms with van der Waals surface area (Å²) in [5, 5.41) is 4.60. The smallest absolute Gasteiger partial charge is 0.338 e. The summed E-state index contributed by atoms with van der Waals surface area (Å²) in [5.74, 6) is -6.38. The molecule has 3 rings (SSSR count). The van der Waals surface area contributed by atoms with Crippen molar-refractivity contribution in [1.82, 2.24) is 0 Å². The minimum absolute atomic E-state index is 0.100. The van der Waals surface area contributed by atoms with Crippen LogP contribution in [0.1, 0.15) is 10.4 Å². The van der Waals surface area contributed by atoms with E-state index in [1.165, 1.54) is 23.9 Å². The van der Waals surface area contributed by atoms with Crippen LogP contribution < -0.4 is 10.6 Å². The minimum atomic E-state index is -1.72. The quantitative estimate of drug-likeness (QED) is 0.613. The third-order valence-corrected chi connectivity index (χ3v) is 4.57. The number of benzene rings is 2. The number of hydrogen-bond donors (Lipinski definition) is 2. The number of nitrogens with one attached hydrogen (secondary N) is 2. The van der Waals surface area contributed by atoms with Gasteiger partial charge in [-0.15, -0.1) is 11.8 Å². The number of esters is 1. The highest BCUT2D eigenvalue weighted by Crippen LogP contribution is 2.32. The number of hydrogen-bond acceptors (Lipinski definition) is 5. The van der Waals surface area contributed by atoms with Crippen molar-refractivity contribution in [2.45, 2.75) is 4.90 Å². The van der Waals surface area contributed by atoms with Gasteiger partial charge in [0.15, 0.2) is 24.1 Å². The zero-order chi connectivity index (χ0) is 19.6. The molecule has 2 amide bonds. The first-order valence-corrected chi connectivity index (χ1v) is 8.51. The Morgan fingerprint density at radius 3 is 2.70 bits per heavy atom. The van der Waals surface area contributed by atoms with Gasteiger partial charge in [0, 0.05) is 4.90 Å². The number of amides is 2. The molecule has 1 heterocycles. The first-order chi connectivity index (χ1) is 12.8. The molecule has 0 aromatic heterocycles. The Bertz CT molecular complexity index is 952. The van der Waals surface area contributed by atoms with Crippen LogP contribution in [0.4, 0.5) is 24.5 Å². The maximum Gasteiger partial charge on any atom is 0.338 e. The van der Waals surface area contributed by atoms with Crippen LogP contribution in [0.25, 0.3) is 0 Å². The lowest BCUT2D eigenvalue weighted by atomic mass is 10.2. The largest absolute Gasteiger partial charge is 0.452 e. The molecule has 1 aliphatic rings. The van der Waals surface area contributed by atoms with Crippen molar-refractivity contribution in [3.8, 4) is 0 Å². The Morgan fingerprint density at radius 1 is 1.15 bits per heavy atom. The lowest BCUT2D eigenvalue weighted by molar-refractivity contribution is -0.119. The van der Waals surface area contributed by atoms with E-state index in [0.29, 0.717) is 11.8 Å². The topological polar surface area (TPSA) is 84.5 Å². The van der Waals surface area contributed by atoms with E-state index in [-0.39, 0.29) is 17.2 Å². The van der Waals surface area contributed by atoms with E-state index < -0.39 is 41.6 Å². The Labute approximate surface area is 155 Å². The zero-order valence-corrected chi connectivity index (χ0v) is 14.3. The third kappa shape index (κ3) is 4.22. The van der Waals surface area contributed by atoms with Gasteiger partial charge in [-0.3, -0.25) is 9.59 Å². The molecule has 140 valence electrons. The molecule has 0 aliphatic carbocycles. The fourth-order valence-corrected chi connectivity index (χ4v) is 3.02. The Morgan fingerprint density at radius 2 is 1.93 bits per heavy atom. The number of ether oxygens (including phenoxy) is 1. The number of rotatable bonds is 4.